The molecule has 0 saturated heterocycles. The van der Waals surface area contributed by atoms with Crippen LogP contribution in [0.2, 0.25) is 0 Å². The van der Waals surface area contributed by atoms with Gasteiger partial charge in [0.05, 0.1) is 6.54 Å². The fraction of sp³-hybridized carbons (Fsp3) is 0.250. The predicted octanol–water partition coefficient (Wildman–Crippen LogP) is 0.976. The Morgan fingerprint density at radius 1 is 1.14 bits per heavy atom. The van der Waals surface area contributed by atoms with Crippen molar-refractivity contribution in [3.63, 3.8) is 0 Å². The lowest BCUT2D eigenvalue weighted by Gasteiger charge is -2.11. The van der Waals surface area contributed by atoms with Crippen LogP contribution < -0.4 is 16.2 Å². The number of carbonyl (C=O) groups excluding carboxylic acids is 1. The van der Waals surface area contributed by atoms with Crippen molar-refractivity contribution in [3.05, 3.63) is 69.6 Å². The van der Waals surface area contributed by atoms with Gasteiger partial charge in [0.1, 0.15) is 5.56 Å². The summed E-state index contributed by atoms with van der Waals surface area (Å²) in [5.74, 6) is -0.361. The van der Waals surface area contributed by atoms with Gasteiger partial charge in [-0.05, 0) is 24.2 Å². The van der Waals surface area contributed by atoms with Crippen LogP contribution in [0.1, 0.15) is 21.5 Å². The number of rotatable bonds is 5. The quantitative estimate of drug-likeness (QED) is 0.860. The predicted molar refractivity (Wildman–Crippen MR) is 82.4 cm³/mol. The molecule has 5 nitrogen and oxygen atoms in total. The minimum Gasteiger partial charge on any atom is -0.355 e. The topological polar surface area (TPSA) is 63.1 Å². The van der Waals surface area contributed by atoms with Gasteiger partial charge in [0.25, 0.3) is 11.5 Å². The third-order valence-corrected chi connectivity index (χ3v) is 3.19. The number of pyridine rings is 1. The maximum atomic E-state index is 12.4. The molecular weight excluding hydrogens is 266 g/mol. The fourth-order valence-electron chi connectivity index (χ4n) is 2.19. The maximum absolute atomic E-state index is 12.4. The number of benzene rings is 1. The number of hydrogen-bond donors (Lipinski definition) is 2. The standard InChI is InChI=1S/C16H19N3O2/c1-17-9-13-8-14(15(20)18-2)16(21)19(11-13)10-12-6-4-3-5-7-12/h3-8,11,17H,9-10H2,1-2H3,(H,18,20). The summed E-state index contributed by atoms with van der Waals surface area (Å²) in [5.41, 5.74) is 1.80. The zero-order valence-electron chi connectivity index (χ0n) is 12.2. The van der Waals surface area contributed by atoms with Crippen molar-refractivity contribution in [3.8, 4) is 0 Å². The monoisotopic (exact) mass is 285 g/mol. The zero-order valence-corrected chi connectivity index (χ0v) is 12.2. The van der Waals surface area contributed by atoms with Crippen LogP contribution in [-0.4, -0.2) is 24.6 Å². The number of nitrogens with zero attached hydrogens (tertiary/aromatic N) is 1. The molecule has 0 aliphatic heterocycles. The van der Waals surface area contributed by atoms with Gasteiger partial charge in [-0.15, -0.1) is 0 Å². The van der Waals surface area contributed by atoms with Crippen LogP contribution >= 0.6 is 0 Å². The van der Waals surface area contributed by atoms with E-state index >= 15 is 0 Å². The van der Waals surface area contributed by atoms with Gasteiger partial charge < -0.3 is 15.2 Å². The molecule has 110 valence electrons. The molecule has 5 heteroatoms. The largest absolute Gasteiger partial charge is 0.355 e. The van der Waals surface area contributed by atoms with Crippen LogP contribution in [0.25, 0.3) is 0 Å². The maximum Gasteiger partial charge on any atom is 0.263 e. The Morgan fingerprint density at radius 2 is 1.86 bits per heavy atom. The second kappa shape index (κ2) is 6.85. The van der Waals surface area contributed by atoms with E-state index in [1.165, 1.54) is 7.05 Å². The van der Waals surface area contributed by atoms with Gasteiger partial charge in [0.15, 0.2) is 0 Å². The normalized spacial score (nSPS) is 10.4. The molecule has 0 aliphatic rings. The second-order valence-corrected chi connectivity index (χ2v) is 4.79. The highest BCUT2D eigenvalue weighted by molar-refractivity contribution is 5.93. The van der Waals surface area contributed by atoms with Gasteiger partial charge in [-0.1, -0.05) is 30.3 Å². The minimum atomic E-state index is -0.361. The first-order chi connectivity index (χ1) is 10.2. The average molecular weight is 285 g/mol. The molecule has 1 heterocycles. The Hall–Kier alpha value is -2.40. The highest BCUT2D eigenvalue weighted by Gasteiger charge is 2.13. The lowest BCUT2D eigenvalue weighted by Crippen LogP contribution is -2.32. The van der Waals surface area contributed by atoms with Crippen molar-refractivity contribution in [1.82, 2.24) is 15.2 Å². The molecule has 21 heavy (non-hydrogen) atoms. The number of amides is 1. The number of aromatic nitrogens is 1. The Bertz CT molecular complexity index is 678. The third-order valence-electron chi connectivity index (χ3n) is 3.19. The van der Waals surface area contributed by atoms with Crippen LogP contribution in [0.5, 0.6) is 0 Å². The van der Waals surface area contributed by atoms with Crippen molar-refractivity contribution in [2.24, 2.45) is 0 Å². The van der Waals surface area contributed by atoms with Crippen molar-refractivity contribution in [2.75, 3.05) is 14.1 Å². The second-order valence-electron chi connectivity index (χ2n) is 4.79. The molecule has 2 N–H and O–H groups in total. The molecule has 0 unspecified atom stereocenters. The Labute approximate surface area is 123 Å². The minimum absolute atomic E-state index is 0.168. The molecule has 0 saturated carbocycles. The van der Waals surface area contributed by atoms with Gasteiger partial charge in [-0.3, -0.25) is 9.59 Å². The van der Waals surface area contributed by atoms with Crippen molar-refractivity contribution >= 4 is 5.91 Å². The first-order valence-electron chi connectivity index (χ1n) is 6.79. The van der Waals surface area contributed by atoms with E-state index in [4.69, 9.17) is 0 Å². The summed E-state index contributed by atoms with van der Waals surface area (Å²) in [6.07, 6.45) is 1.79. The molecule has 0 spiro atoms. The molecule has 0 aliphatic carbocycles. The van der Waals surface area contributed by atoms with E-state index in [1.807, 2.05) is 37.4 Å². The lowest BCUT2D eigenvalue weighted by atomic mass is 10.1. The van der Waals surface area contributed by atoms with Crippen LogP contribution in [-0.2, 0) is 13.1 Å². The van der Waals surface area contributed by atoms with E-state index in [-0.39, 0.29) is 17.0 Å². The zero-order chi connectivity index (χ0) is 15.2. The summed E-state index contributed by atoms with van der Waals surface area (Å²) in [4.78, 5) is 24.3. The molecule has 0 atom stereocenters. The molecule has 2 aromatic rings. The van der Waals surface area contributed by atoms with Crippen LogP contribution in [0.4, 0.5) is 0 Å². The van der Waals surface area contributed by atoms with Crippen LogP contribution in [0.15, 0.2) is 47.4 Å². The van der Waals surface area contributed by atoms with Gasteiger partial charge in [-0.25, -0.2) is 0 Å². The third kappa shape index (κ3) is 3.58. The Morgan fingerprint density at radius 3 is 2.48 bits per heavy atom. The molecule has 0 bridgehead atoms. The van der Waals surface area contributed by atoms with E-state index in [1.54, 1.807) is 16.8 Å². The lowest BCUT2D eigenvalue weighted by molar-refractivity contribution is 0.0961. The first-order valence-corrected chi connectivity index (χ1v) is 6.79. The van der Waals surface area contributed by atoms with E-state index in [2.05, 4.69) is 10.6 Å². The summed E-state index contributed by atoms with van der Waals surface area (Å²) in [5, 5.41) is 5.54. The highest BCUT2D eigenvalue weighted by Crippen LogP contribution is 2.05. The van der Waals surface area contributed by atoms with Crippen molar-refractivity contribution in [1.29, 1.82) is 0 Å². The highest BCUT2D eigenvalue weighted by atomic mass is 16.2. The summed E-state index contributed by atoms with van der Waals surface area (Å²) >= 11 is 0. The van der Waals surface area contributed by atoms with E-state index in [0.29, 0.717) is 13.1 Å². The van der Waals surface area contributed by atoms with E-state index in [0.717, 1.165) is 11.1 Å². The fourth-order valence-corrected chi connectivity index (χ4v) is 2.19. The van der Waals surface area contributed by atoms with Gasteiger partial charge in [0.2, 0.25) is 0 Å². The molecule has 1 aromatic heterocycles. The SMILES string of the molecule is CNCc1cc(C(=O)NC)c(=O)n(Cc2ccccc2)c1. The number of nitrogens with one attached hydrogen (secondary N) is 2. The molecular formula is C16H19N3O2. The van der Waals surface area contributed by atoms with Gasteiger partial charge in [-0.2, -0.15) is 0 Å². The molecule has 0 fully saturated rings. The van der Waals surface area contributed by atoms with Crippen LogP contribution in [0.3, 0.4) is 0 Å². The van der Waals surface area contributed by atoms with Gasteiger partial charge in [0, 0.05) is 19.8 Å². The van der Waals surface area contributed by atoms with Gasteiger partial charge >= 0.3 is 0 Å². The van der Waals surface area contributed by atoms with Crippen LogP contribution in [0, 0.1) is 0 Å². The molecule has 0 radical (unpaired) electrons. The van der Waals surface area contributed by atoms with E-state index < -0.39 is 0 Å². The smallest absolute Gasteiger partial charge is 0.263 e. The van der Waals surface area contributed by atoms with E-state index in [9.17, 15) is 9.59 Å². The van der Waals surface area contributed by atoms with Crippen molar-refractivity contribution < 1.29 is 4.79 Å². The summed E-state index contributed by atoms with van der Waals surface area (Å²) in [7, 11) is 3.35. The molecule has 1 aromatic carbocycles. The Balaban J connectivity index is 2.46. The average Bonchev–Trinajstić information content (AvgIpc) is 2.51. The Kier molecular flexibility index (Phi) is 4.90. The molecule has 2 rings (SSSR count). The number of carbonyl (C=O) groups is 1. The molecule has 1 amide bonds. The van der Waals surface area contributed by atoms with Crippen molar-refractivity contribution in [2.45, 2.75) is 13.1 Å². The summed E-state index contributed by atoms with van der Waals surface area (Å²) in [6, 6.07) is 11.3. The number of hydrogen-bond acceptors (Lipinski definition) is 3. The first kappa shape index (κ1) is 15.0. The summed E-state index contributed by atoms with van der Waals surface area (Å²) < 4.78 is 1.58. The summed E-state index contributed by atoms with van der Waals surface area (Å²) in [6.45, 7) is 1.04.